The third-order valence-corrected chi connectivity index (χ3v) is 65.5. The number of nitrogens with one attached hydrogen (secondary N) is 7. The van der Waals surface area contributed by atoms with Crippen LogP contribution in [0.1, 0.15) is 107 Å². The number of thioether (sulfide) groups is 2. The number of amides is 6. The van der Waals surface area contributed by atoms with Gasteiger partial charge in [0.2, 0.25) is 40.6 Å². The van der Waals surface area contributed by atoms with Crippen molar-refractivity contribution in [3.8, 4) is 0 Å². The Kier molecular flexibility index (Phi) is 78.6. The van der Waals surface area contributed by atoms with E-state index in [0.717, 1.165) is 37.1 Å². The maximum atomic E-state index is 13.3. The van der Waals surface area contributed by atoms with Gasteiger partial charge in [-0.3, -0.25) is 38.4 Å². The van der Waals surface area contributed by atoms with Gasteiger partial charge in [-0.15, -0.1) is 0 Å². The number of ether oxygens (including phenoxy) is 6. The summed E-state index contributed by atoms with van der Waals surface area (Å²) in [6.07, 6.45) is 5.22. The van der Waals surface area contributed by atoms with E-state index in [2.05, 4.69) is 284 Å². The minimum absolute atomic E-state index is 0. The van der Waals surface area contributed by atoms with Crippen LogP contribution in [0.25, 0.3) is 0 Å². The van der Waals surface area contributed by atoms with Gasteiger partial charge in [-0.2, -0.15) is 25.3 Å². The van der Waals surface area contributed by atoms with E-state index in [9.17, 15) is 52.7 Å². The molecule has 0 aromatic carbocycles. The summed E-state index contributed by atoms with van der Waals surface area (Å²) in [6, 6.07) is 1.17. The molecule has 0 aromatic rings. The average Bonchev–Trinajstić information content (AvgIpc) is 1.19. The van der Waals surface area contributed by atoms with Crippen molar-refractivity contribution in [1.82, 2.24) is 37.2 Å². The molecule has 1 heterocycles. The lowest BCUT2D eigenvalue weighted by atomic mass is 10.2. The predicted molar refractivity (Wildman–Crippen MR) is 612 cm³/mol. The van der Waals surface area contributed by atoms with Crippen molar-refractivity contribution in [2.75, 3.05) is 116 Å². The quantitative estimate of drug-likeness (QED) is 0.00675. The molecule has 1 saturated heterocycles. The van der Waals surface area contributed by atoms with Crippen molar-refractivity contribution in [3.05, 3.63) is 36.5 Å². The lowest BCUT2D eigenvalue weighted by Crippen LogP contribution is -2.60. The predicted octanol–water partition coefficient (Wildman–Crippen LogP) is 14.3. The molecule has 830 valence electrons. The molecule has 1 fully saturated rings. The normalized spacial score (nSPS) is 15.6. The number of carbonyl (C=O) groups is 11. The van der Waals surface area contributed by atoms with Gasteiger partial charge < -0.3 is 118 Å². The van der Waals surface area contributed by atoms with Crippen molar-refractivity contribution < 1.29 is 128 Å². The summed E-state index contributed by atoms with van der Waals surface area (Å²) in [5.74, 6) is -0.343. The molecule has 0 spiro atoms. The van der Waals surface area contributed by atoms with E-state index in [0.29, 0.717) is 144 Å². The van der Waals surface area contributed by atoms with Crippen LogP contribution in [0.4, 0.5) is 0 Å². The Bertz CT molecular complexity index is 3680. The number of esters is 3. The lowest BCUT2D eigenvalue weighted by Gasteiger charge is -2.44. The molecule has 11 N–H and O–H groups in total. The van der Waals surface area contributed by atoms with Gasteiger partial charge >= 0.3 is 77.8 Å². The molecule has 0 bridgehead atoms. The number of likely N-dealkylation sites (N-methyl/N-ethyl adjacent to an activating group) is 1. The molecule has 9 unspecified atom stereocenters. The van der Waals surface area contributed by atoms with Gasteiger partial charge in [0, 0.05) is 88.8 Å². The van der Waals surface area contributed by atoms with Crippen LogP contribution in [0.2, 0.25) is 207 Å². The number of hydrogen-bond donors (Lipinski definition) is 10. The Morgan fingerprint density at radius 2 is 0.738 bits per heavy atom. The zero-order valence-electron chi connectivity index (χ0n) is 93.6. The van der Waals surface area contributed by atoms with E-state index in [1.54, 1.807) is 35.0 Å². The highest BCUT2D eigenvalue weighted by Crippen LogP contribution is 2.34. The summed E-state index contributed by atoms with van der Waals surface area (Å²) in [7, 11) is -25.2. The zero-order chi connectivity index (χ0) is 110. The molecule has 1 aliphatic heterocycles. The van der Waals surface area contributed by atoms with E-state index >= 15 is 0 Å². The van der Waals surface area contributed by atoms with Gasteiger partial charge in [0.15, 0.2) is 55.0 Å². The number of nitrogens with two attached hydrogens (primary N) is 1. The largest absolute Gasteiger partial charge is 0.460 e. The van der Waals surface area contributed by atoms with Gasteiger partial charge in [-0.1, -0.05) is 57.1 Å². The first kappa shape index (κ1) is 149. The Morgan fingerprint density at radius 3 is 1.01 bits per heavy atom. The number of thiol groups is 2. The first-order valence-electron chi connectivity index (χ1n) is 48.4. The summed E-state index contributed by atoms with van der Waals surface area (Å²) in [4.78, 5) is 128. The first-order valence-corrected chi connectivity index (χ1v) is 90.6. The number of carbonyl (C=O) groups excluding carboxylic acids is 11. The Hall–Kier alpha value is -2.63. The van der Waals surface area contributed by atoms with Crippen molar-refractivity contribution >= 4 is 222 Å². The molecule has 1 rings (SSSR count). The van der Waals surface area contributed by atoms with Crippen molar-refractivity contribution in [2.24, 2.45) is 11.7 Å². The smallest absolute Gasteiger partial charge is 0.333 e. The van der Waals surface area contributed by atoms with Gasteiger partial charge in [0.25, 0.3) is 0 Å². The van der Waals surface area contributed by atoms with Gasteiger partial charge in [-0.05, 0) is 304 Å². The Labute approximate surface area is 883 Å². The molecule has 0 saturated carbocycles. The van der Waals surface area contributed by atoms with Gasteiger partial charge in [0.05, 0.1) is 38.5 Å². The molecule has 141 heavy (non-hydrogen) atoms. The summed E-state index contributed by atoms with van der Waals surface area (Å²) in [6.45, 7) is 88.1. The zero-order valence-corrected chi connectivity index (χ0v) is 110. The van der Waals surface area contributed by atoms with E-state index < -0.39 is 140 Å². The van der Waals surface area contributed by atoms with Crippen LogP contribution in [-0.4, -0.2) is 319 Å². The summed E-state index contributed by atoms with van der Waals surface area (Å²) in [5, 5.41) is 20.4. The van der Waals surface area contributed by atoms with Crippen LogP contribution < -0.4 is 43.0 Å². The fraction of sp³-hybridized carbons (Fsp3) is 0.807. The highest BCUT2D eigenvalue weighted by Gasteiger charge is 2.50. The molecule has 36 nitrogen and oxygen atoms in total. The number of rotatable bonds is 65. The third-order valence-electron chi connectivity index (χ3n) is 17.5. The highest BCUT2D eigenvalue weighted by molar-refractivity contribution is 8.14. The molecular weight excluding hydrogens is 2110 g/mol. The standard InChI is InChI=1S/C35H78N4O10S2Si5.C18H44N2O5SSi4.C12H35NO3Si4.C10H14O4.C7H12O3.C6H9NO2S.H2O/c1-15-36-31(19-25-51-35(43)29(2)28-45-23-22-44-4)33(41)37-20-16-26-55(13,47-53(8,9)10)49-56(14,48-54(11,12)46-52(5,6)7)27-17-21-38-34(42)32(18-24-50)39-30(3)40;1-16(21)20-17(12-14-26)18(22)19-13-11-15-30(10,24-28(5,6)7)25-29(8,9)23-27(2,3)4;1-17(2,3)14-19(7,8)16-20(9,12-10-11-13)15-18(4,5)6;1-7(2)9(11)13-5-6-14-10(12)8(3)4;1-6(2)7(8)10-5-4-9-3;1-4(8)7-5-2-3-10-6(5)9;/h29,31-32,36,50H,15-28H2,1-14H3,(H,37,41)(H,38,42)(H,39,40);17,26H,11-15H2,1-10H3,(H,19,22)(H,20,21);10-13H2,1-9H3;1,3,5-6H2,2,4H3;1,4-5H2,2-3H3;5H,2-3H2,1H3,(H,7,8);1H2. The van der Waals surface area contributed by atoms with Crippen molar-refractivity contribution in [1.29, 1.82) is 0 Å². The second-order valence-corrected chi connectivity index (χ2v) is 98.1. The number of methoxy groups -OCH3 is 2. The summed E-state index contributed by atoms with van der Waals surface area (Å²) in [5.41, 5.74) is 6.72. The van der Waals surface area contributed by atoms with Crippen LogP contribution >= 0.6 is 48.8 Å². The van der Waals surface area contributed by atoms with E-state index in [1.165, 1.54) is 44.3 Å². The molecule has 0 aromatic heterocycles. The van der Waals surface area contributed by atoms with Crippen LogP contribution in [0.15, 0.2) is 36.5 Å². The molecular formula is C88H194N8O28S4Si13. The minimum atomic E-state index is -2.97. The fourth-order valence-electron chi connectivity index (χ4n) is 13.9. The lowest BCUT2D eigenvalue weighted by molar-refractivity contribution is -0.147. The van der Waals surface area contributed by atoms with E-state index in [4.69, 9.17) is 56.4 Å². The van der Waals surface area contributed by atoms with Crippen LogP contribution in [0.3, 0.4) is 0 Å². The maximum Gasteiger partial charge on any atom is 0.333 e. The van der Waals surface area contributed by atoms with Crippen LogP contribution in [-0.2, 0) is 122 Å². The maximum absolute atomic E-state index is 13.3. The number of hydrogen-bond acceptors (Lipinski definition) is 33. The molecule has 0 radical (unpaired) electrons. The highest BCUT2D eigenvalue weighted by atomic mass is 32.2. The second kappa shape index (κ2) is 74.3. The first-order chi connectivity index (χ1) is 63.7. The van der Waals surface area contributed by atoms with Crippen molar-refractivity contribution in [3.63, 3.8) is 0 Å². The molecule has 9 atom stereocenters. The van der Waals surface area contributed by atoms with Crippen LogP contribution in [0.5, 0.6) is 0 Å². The van der Waals surface area contributed by atoms with Gasteiger partial charge in [0.1, 0.15) is 31.9 Å². The van der Waals surface area contributed by atoms with Crippen molar-refractivity contribution in [2.45, 2.75) is 338 Å². The Balaban J connectivity index is -0.000000443. The molecule has 6 amide bonds. The van der Waals surface area contributed by atoms with E-state index in [-0.39, 0.29) is 82.3 Å². The fourth-order valence-corrected chi connectivity index (χ4v) is 75.9. The molecule has 1 aliphatic rings. The third kappa shape index (κ3) is 87.8. The monoisotopic (exact) mass is 2300 g/mol. The average molecular weight is 2310 g/mol. The molecule has 0 aliphatic carbocycles. The minimum Gasteiger partial charge on any atom is -0.460 e. The van der Waals surface area contributed by atoms with Crippen LogP contribution in [0, 0.1) is 5.92 Å². The van der Waals surface area contributed by atoms with Gasteiger partial charge in [-0.25, -0.2) is 14.4 Å². The Morgan fingerprint density at radius 1 is 0.433 bits per heavy atom. The SMILES string of the molecule is C=C(C)C(=O)OCCOC.C=C(C)C(=O)OCCOC(=O)C(=C)C.CC(=O)NC(CCS)C(=O)NCCC[Si](C)(O[Si](C)(C)C)O[Si](C)(C)O[Si](C)(C)C.CC(=O)NC1CCSC1=O.CCNC(CCSC(=O)C(C)COCCOC)C(=O)NCCC[Si](C)(O[Si](C)(C)C)O[Si](C)(CCCNC(=O)C(CCS)NC(C)=O)O[Si](C)(C)O[Si](C)(C)C.C[Si](C)(C)O[Si](C)(C)O[Si](C)(CCCN)O[Si](C)(C)C.O. The second-order valence-electron chi connectivity index (χ2n) is 42.0. The summed E-state index contributed by atoms with van der Waals surface area (Å²) < 4.78 is 95.8. The summed E-state index contributed by atoms with van der Waals surface area (Å²) >= 11 is 10.9. The topological polar surface area (TPSA) is 477 Å². The van der Waals surface area contributed by atoms with E-state index in [1.807, 2.05) is 13.8 Å². The molecule has 53 heteroatoms.